The van der Waals surface area contributed by atoms with Gasteiger partial charge in [-0.1, -0.05) is 173 Å². The Hall–Kier alpha value is -2.31. The van der Waals surface area contributed by atoms with Gasteiger partial charge in [-0.15, -0.1) is 0 Å². The highest BCUT2D eigenvalue weighted by Crippen LogP contribution is 2.23. The first-order valence-corrected chi connectivity index (χ1v) is 23.4. The summed E-state index contributed by atoms with van der Waals surface area (Å²) < 4.78 is 21.8. The van der Waals surface area contributed by atoms with E-state index in [9.17, 15) is 34.8 Å². The summed E-state index contributed by atoms with van der Waals surface area (Å²) in [5.74, 6) is -2.44. The lowest BCUT2D eigenvalue weighted by atomic mass is 9.99. The van der Waals surface area contributed by atoms with Crippen LogP contribution in [0.2, 0.25) is 0 Å². The van der Waals surface area contributed by atoms with E-state index in [4.69, 9.17) is 18.9 Å². The van der Waals surface area contributed by atoms with E-state index in [1.54, 1.807) is 0 Å². The van der Waals surface area contributed by atoms with Gasteiger partial charge in [0.1, 0.15) is 24.9 Å². The normalized spacial score (nSPS) is 20.2. The first-order valence-electron chi connectivity index (χ1n) is 23.4. The van der Waals surface area contributed by atoms with Crippen LogP contribution in [0, 0.1) is 0 Å². The third-order valence-corrected chi connectivity index (χ3v) is 10.8. The summed E-state index contributed by atoms with van der Waals surface area (Å²) in [7, 11) is 0. The molecule has 0 aromatic carbocycles. The zero-order chi connectivity index (χ0) is 42.5. The Kier molecular flexibility index (Phi) is 34.9. The van der Waals surface area contributed by atoms with Crippen molar-refractivity contribution in [1.82, 2.24) is 0 Å². The zero-order valence-corrected chi connectivity index (χ0v) is 36.5. The molecule has 0 bridgehead atoms. The minimum Gasteiger partial charge on any atom is -0.479 e. The van der Waals surface area contributed by atoms with Crippen LogP contribution in [-0.2, 0) is 33.3 Å². The van der Waals surface area contributed by atoms with E-state index in [2.05, 4.69) is 38.2 Å². The minimum absolute atomic E-state index is 0.185. The maximum absolute atomic E-state index is 12.8. The third-order valence-electron chi connectivity index (χ3n) is 10.8. The van der Waals surface area contributed by atoms with E-state index >= 15 is 0 Å². The summed E-state index contributed by atoms with van der Waals surface area (Å²) in [6.07, 6.45) is 32.2. The molecule has 0 amide bonds. The molecule has 0 aliphatic carbocycles. The van der Waals surface area contributed by atoms with E-state index in [1.807, 2.05) is 0 Å². The lowest BCUT2D eigenvalue weighted by Crippen LogP contribution is -2.60. The molecule has 58 heavy (non-hydrogen) atoms. The van der Waals surface area contributed by atoms with Crippen LogP contribution in [0.5, 0.6) is 0 Å². The van der Waals surface area contributed by atoms with Crippen LogP contribution in [0.4, 0.5) is 0 Å². The number of aliphatic hydroxyl groups excluding tert-OH is 3. The van der Waals surface area contributed by atoms with E-state index in [1.165, 1.54) is 116 Å². The fourth-order valence-corrected chi connectivity index (χ4v) is 7.09. The molecular weight excluding hydrogens is 741 g/mol. The Labute approximate surface area is 351 Å². The number of carbonyl (C=O) groups is 3. The highest BCUT2D eigenvalue weighted by atomic mass is 16.7. The molecule has 1 aliphatic heterocycles. The van der Waals surface area contributed by atoms with Gasteiger partial charge in [-0.05, 0) is 44.9 Å². The molecular formula is C47H84O11. The average Bonchev–Trinajstić information content (AvgIpc) is 3.21. The third kappa shape index (κ3) is 29.0. The van der Waals surface area contributed by atoms with Gasteiger partial charge < -0.3 is 39.4 Å². The molecule has 6 atom stereocenters. The van der Waals surface area contributed by atoms with Crippen molar-refractivity contribution < 1.29 is 53.8 Å². The first-order chi connectivity index (χ1) is 28.2. The van der Waals surface area contributed by atoms with Crippen molar-refractivity contribution in [3.05, 3.63) is 24.3 Å². The van der Waals surface area contributed by atoms with E-state index in [0.717, 1.165) is 51.4 Å². The molecule has 0 aromatic rings. The predicted octanol–water partition coefficient (Wildman–Crippen LogP) is 10.2. The maximum atomic E-state index is 12.8. The topological polar surface area (TPSA) is 169 Å². The molecule has 0 saturated carbocycles. The molecule has 0 aromatic heterocycles. The Morgan fingerprint density at radius 3 is 1.47 bits per heavy atom. The second kappa shape index (κ2) is 37.7. The number of ether oxygens (including phenoxy) is 4. The van der Waals surface area contributed by atoms with Gasteiger partial charge in [0.2, 0.25) is 0 Å². The van der Waals surface area contributed by atoms with Crippen molar-refractivity contribution in [3.63, 3.8) is 0 Å². The van der Waals surface area contributed by atoms with Crippen molar-refractivity contribution in [2.45, 2.75) is 243 Å². The second-order valence-corrected chi connectivity index (χ2v) is 16.3. The lowest BCUT2D eigenvalue weighted by molar-refractivity contribution is -0.298. The Morgan fingerprint density at radius 1 is 0.534 bits per heavy atom. The second-order valence-electron chi connectivity index (χ2n) is 16.3. The van der Waals surface area contributed by atoms with Crippen LogP contribution in [0.1, 0.15) is 206 Å². The molecule has 1 saturated heterocycles. The summed E-state index contributed by atoms with van der Waals surface area (Å²) in [6.45, 7) is 3.80. The van der Waals surface area contributed by atoms with Gasteiger partial charge in [0.15, 0.2) is 18.5 Å². The van der Waals surface area contributed by atoms with Crippen LogP contribution >= 0.6 is 0 Å². The number of aliphatic hydroxyl groups is 3. The molecule has 1 fully saturated rings. The average molecular weight is 825 g/mol. The van der Waals surface area contributed by atoms with Gasteiger partial charge in [-0.3, -0.25) is 9.59 Å². The Balaban J connectivity index is 2.35. The standard InChI is InChI=1S/C47H84O11/c1-3-5-7-9-11-13-15-17-19-20-22-23-25-27-29-31-33-35-40(48)55-37-39(38-56-47-44(52)42(50)43(51)45(58-47)46(53)54)57-41(49)36-34-32-30-28-26-24-21-18-16-14-12-10-8-6-4-2/h11,13,17,19,39,42-45,47,50-52H,3-10,12,14-16,18,20-38H2,1-2H3,(H,53,54)/b13-11-,19-17-. The number of rotatable bonds is 39. The van der Waals surface area contributed by atoms with Gasteiger partial charge in [0.05, 0.1) is 6.61 Å². The molecule has 1 aliphatic rings. The van der Waals surface area contributed by atoms with Gasteiger partial charge >= 0.3 is 17.9 Å². The predicted molar refractivity (Wildman–Crippen MR) is 229 cm³/mol. The quantitative estimate of drug-likeness (QED) is 0.0264. The Morgan fingerprint density at radius 2 is 0.966 bits per heavy atom. The molecule has 0 radical (unpaired) electrons. The fourth-order valence-electron chi connectivity index (χ4n) is 7.09. The molecule has 1 heterocycles. The van der Waals surface area contributed by atoms with Gasteiger partial charge in [0.25, 0.3) is 0 Å². The Bertz CT molecular complexity index is 1060. The van der Waals surface area contributed by atoms with Gasteiger partial charge in [-0.2, -0.15) is 0 Å². The van der Waals surface area contributed by atoms with Crippen LogP contribution in [0.25, 0.3) is 0 Å². The molecule has 4 N–H and O–H groups in total. The molecule has 0 spiro atoms. The first kappa shape index (κ1) is 53.7. The van der Waals surface area contributed by atoms with Crippen molar-refractivity contribution in [3.8, 4) is 0 Å². The SMILES string of the molecule is CCCCC/C=C\C/C=C\CCCCCCCCCC(=O)OCC(COC1OC(C(=O)O)C(O)C(O)C1O)OC(=O)CCCCCCCCCCCCCCCCC. The molecule has 338 valence electrons. The van der Waals surface area contributed by atoms with E-state index in [0.29, 0.717) is 12.8 Å². The highest BCUT2D eigenvalue weighted by Gasteiger charge is 2.47. The summed E-state index contributed by atoms with van der Waals surface area (Å²) in [6, 6.07) is 0. The molecule has 11 nitrogen and oxygen atoms in total. The summed E-state index contributed by atoms with van der Waals surface area (Å²) in [5.41, 5.74) is 0. The molecule has 6 unspecified atom stereocenters. The minimum atomic E-state index is -1.86. The smallest absolute Gasteiger partial charge is 0.335 e. The lowest BCUT2D eigenvalue weighted by Gasteiger charge is -2.38. The van der Waals surface area contributed by atoms with E-state index < -0.39 is 54.7 Å². The number of hydrogen-bond donors (Lipinski definition) is 4. The van der Waals surface area contributed by atoms with Crippen molar-refractivity contribution in [2.24, 2.45) is 0 Å². The largest absolute Gasteiger partial charge is 0.479 e. The van der Waals surface area contributed by atoms with Crippen molar-refractivity contribution in [1.29, 1.82) is 0 Å². The van der Waals surface area contributed by atoms with Crippen molar-refractivity contribution >= 4 is 17.9 Å². The molecule has 11 heteroatoms. The van der Waals surface area contributed by atoms with Crippen LogP contribution in [0.3, 0.4) is 0 Å². The number of allylic oxidation sites excluding steroid dienone is 4. The zero-order valence-electron chi connectivity index (χ0n) is 36.5. The van der Waals surface area contributed by atoms with Gasteiger partial charge in [-0.25, -0.2) is 4.79 Å². The van der Waals surface area contributed by atoms with Crippen LogP contribution in [0.15, 0.2) is 24.3 Å². The number of carbonyl (C=O) groups excluding carboxylic acids is 2. The molecule has 1 rings (SSSR count). The van der Waals surface area contributed by atoms with E-state index in [-0.39, 0.29) is 26.1 Å². The number of carboxylic acids is 1. The van der Waals surface area contributed by atoms with Crippen molar-refractivity contribution in [2.75, 3.05) is 13.2 Å². The number of hydrogen-bond acceptors (Lipinski definition) is 10. The number of esters is 2. The summed E-state index contributed by atoms with van der Waals surface area (Å²) in [4.78, 5) is 36.9. The fraction of sp³-hybridized carbons (Fsp3) is 0.851. The van der Waals surface area contributed by atoms with Crippen LogP contribution < -0.4 is 0 Å². The van der Waals surface area contributed by atoms with Gasteiger partial charge in [0, 0.05) is 12.8 Å². The monoisotopic (exact) mass is 825 g/mol. The van der Waals surface area contributed by atoms with Crippen LogP contribution in [-0.4, -0.2) is 88.4 Å². The summed E-state index contributed by atoms with van der Waals surface area (Å²) >= 11 is 0. The number of aliphatic carboxylic acids is 1. The number of carboxylic acid groups (broad SMARTS) is 1. The maximum Gasteiger partial charge on any atom is 0.335 e. The summed E-state index contributed by atoms with van der Waals surface area (Å²) in [5, 5.41) is 39.8. The number of unbranched alkanes of at least 4 members (excludes halogenated alkanes) is 24. The highest BCUT2D eigenvalue weighted by molar-refractivity contribution is 5.73.